The fourth-order valence-electron chi connectivity index (χ4n) is 4.45. The summed E-state index contributed by atoms with van der Waals surface area (Å²) in [7, 11) is 0. The number of nitrogens with zero attached hydrogens (tertiary/aromatic N) is 3. The van der Waals surface area contributed by atoms with E-state index in [0.29, 0.717) is 5.25 Å². The van der Waals surface area contributed by atoms with Crippen LogP contribution in [0.3, 0.4) is 0 Å². The standard InChI is InChI=1S/C18H20N4S/c1-11-6-7-15(23-11)16-13-5-3-2-4-12(13)14(8-19)17(22)18(16,9-20)10-21/h4,6-7,11,13-17H,2-3,5,22H2,1H3. The molecular weight excluding hydrogens is 304 g/mol. The van der Waals surface area contributed by atoms with Gasteiger partial charge < -0.3 is 5.73 Å². The molecule has 6 atom stereocenters. The van der Waals surface area contributed by atoms with Gasteiger partial charge in [0.2, 0.25) is 0 Å². The van der Waals surface area contributed by atoms with Crippen molar-refractivity contribution >= 4 is 11.8 Å². The van der Waals surface area contributed by atoms with E-state index in [2.05, 4.69) is 43.4 Å². The van der Waals surface area contributed by atoms with Crippen LogP contribution in [-0.2, 0) is 0 Å². The number of thioether (sulfide) groups is 1. The lowest BCUT2D eigenvalue weighted by molar-refractivity contribution is 0.131. The maximum Gasteiger partial charge on any atom is 0.165 e. The second-order valence-corrected chi connectivity index (χ2v) is 8.24. The molecule has 1 aliphatic heterocycles. The minimum atomic E-state index is -1.30. The normalized spacial score (nSPS) is 41.1. The summed E-state index contributed by atoms with van der Waals surface area (Å²) < 4.78 is 0. The SMILES string of the molecule is CC1C=CC(C2C3CCCC=C3C(C#N)C(N)C2(C#N)C#N)S1. The lowest BCUT2D eigenvalue weighted by Gasteiger charge is -2.50. The van der Waals surface area contributed by atoms with Crippen molar-refractivity contribution in [1.82, 2.24) is 0 Å². The number of fused-ring (bicyclic) bond motifs is 1. The Bertz CT molecular complexity index is 661. The molecule has 0 bridgehead atoms. The van der Waals surface area contributed by atoms with Crippen molar-refractivity contribution in [2.45, 2.75) is 42.7 Å². The van der Waals surface area contributed by atoms with Crippen molar-refractivity contribution in [2.24, 2.45) is 28.9 Å². The molecule has 0 aromatic rings. The van der Waals surface area contributed by atoms with Gasteiger partial charge in [0.05, 0.1) is 30.2 Å². The molecule has 2 N–H and O–H groups in total. The Hall–Kier alpha value is -1.74. The van der Waals surface area contributed by atoms with E-state index < -0.39 is 17.4 Å². The van der Waals surface area contributed by atoms with E-state index in [4.69, 9.17) is 5.73 Å². The van der Waals surface area contributed by atoms with Gasteiger partial charge >= 0.3 is 0 Å². The second kappa shape index (κ2) is 6.04. The van der Waals surface area contributed by atoms with Crippen LogP contribution in [0.4, 0.5) is 0 Å². The van der Waals surface area contributed by atoms with Crippen molar-refractivity contribution in [3.8, 4) is 18.2 Å². The molecular formula is C18H20N4S. The molecule has 3 rings (SSSR count). The summed E-state index contributed by atoms with van der Waals surface area (Å²) in [5, 5.41) is 29.9. The molecule has 0 aromatic heterocycles. The number of hydrogen-bond acceptors (Lipinski definition) is 5. The van der Waals surface area contributed by atoms with Crippen molar-refractivity contribution in [3.05, 3.63) is 23.8 Å². The number of rotatable bonds is 1. The molecule has 0 radical (unpaired) electrons. The highest BCUT2D eigenvalue weighted by molar-refractivity contribution is 8.01. The maximum absolute atomic E-state index is 9.90. The highest BCUT2D eigenvalue weighted by Gasteiger charge is 2.60. The third-order valence-corrected chi connectivity index (χ3v) is 6.89. The molecule has 0 spiro atoms. The van der Waals surface area contributed by atoms with E-state index in [0.717, 1.165) is 24.8 Å². The summed E-state index contributed by atoms with van der Waals surface area (Å²) in [5.74, 6) is -0.557. The molecule has 4 nitrogen and oxygen atoms in total. The Balaban J connectivity index is 2.13. The fraction of sp³-hybridized carbons (Fsp3) is 0.611. The van der Waals surface area contributed by atoms with E-state index in [1.807, 2.05) is 0 Å². The molecule has 1 fully saturated rings. The molecule has 2 aliphatic carbocycles. The Kier molecular flexibility index (Phi) is 4.24. The van der Waals surface area contributed by atoms with Crippen LogP contribution < -0.4 is 5.73 Å². The van der Waals surface area contributed by atoms with Gasteiger partial charge in [-0.05, 0) is 32.1 Å². The predicted molar refractivity (Wildman–Crippen MR) is 89.6 cm³/mol. The molecule has 0 saturated heterocycles. The predicted octanol–water partition coefficient (Wildman–Crippen LogP) is 2.90. The first-order valence-corrected chi connectivity index (χ1v) is 9.04. The molecule has 1 heterocycles. The third-order valence-electron chi connectivity index (χ3n) is 5.54. The maximum atomic E-state index is 9.90. The fourth-order valence-corrected chi connectivity index (χ4v) is 5.89. The summed E-state index contributed by atoms with van der Waals surface area (Å²) in [6.45, 7) is 2.13. The Morgan fingerprint density at radius 1 is 1.26 bits per heavy atom. The zero-order valence-corrected chi connectivity index (χ0v) is 14.0. The summed E-state index contributed by atoms with van der Waals surface area (Å²) in [6, 6.07) is 6.01. The molecule has 3 aliphatic rings. The van der Waals surface area contributed by atoms with Gasteiger partial charge in [-0.15, -0.1) is 11.8 Å². The van der Waals surface area contributed by atoms with E-state index in [9.17, 15) is 15.8 Å². The van der Waals surface area contributed by atoms with Crippen LogP contribution in [-0.4, -0.2) is 16.5 Å². The van der Waals surface area contributed by atoms with Crippen molar-refractivity contribution in [2.75, 3.05) is 0 Å². The zero-order chi connectivity index (χ0) is 16.6. The first kappa shape index (κ1) is 16.1. The lowest BCUT2D eigenvalue weighted by Crippen LogP contribution is -2.59. The molecule has 0 aromatic carbocycles. The quantitative estimate of drug-likeness (QED) is 0.748. The van der Waals surface area contributed by atoms with Gasteiger partial charge in [-0.3, -0.25) is 0 Å². The highest BCUT2D eigenvalue weighted by Crippen LogP contribution is 2.56. The molecule has 0 amide bonds. The smallest absolute Gasteiger partial charge is 0.165 e. The van der Waals surface area contributed by atoms with Gasteiger partial charge in [0.15, 0.2) is 5.41 Å². The minimum Gasteiger partial charge on any atom is -0.324 e. The molecule has 5 heteroatoms. The summed E-state index contributed by atoms with van der Waals surface area (Å²) in [5.41, 5.74) is 6.12. The van der Waals surface area contributed by atoms with Crippen LogP contribution >= 0.6 is 11.8 Å². The monoisotopic (exact) mass is 324 g/mol. The van der Waals surface area contributed by atoms with E-state index in [-0.39, 0.29) is 17.1 Å². The number of nitriles is 3. The van der Waals surface area contributed by atoms with E-state index >= 15 is 0 Å². The zero-order valence-electron chi connectivity index (χ0n) is 13.1. The Labute approximate surface area is 141 Å². The number of nitrogens with two attached hydrogens (primary N) is 1. The average Bonchev–Trinajstić information content (AvgIpc) is 3.00. The number of hydrogen-bond donors (Lipinski definition) is 1. The molecule has 23 heavy (non-hydrogen) atoms. The van der Waals surface area contributed by atoms with Crippen LogP contribution in [0.15, 0.2) is 23.8 Å². The highest BCUT2D eigenvalue weighted by atomic mass is 32.2. The van der Waals surface area contributed by atoms with Gasteiger partial charge in [0.1, 0.15) is 0 Å². The van der Waals surface area contributed by atoms with Crippen LogP contribution in [0.25, 0.3) is 0 Å². The second-order valence-electron chi connectivity index (χ2n) is 6.68. The Morgan fingerprint density at radius 3 is 2.57 bits per heavy atom. The van der Waals surface area contributed by atoms with Crippen molar-refractivity contribution in [3.63, 3.8) is 0 Å². The van der Waals surface area contributed by atoms with Gasteiger partial charge in [-0.2, -0.15) is 15.8 Å². The minimum absolute atomic E-state index is 0.111. The van der Waals surface area contributed by atoms with Crippen LogP contribution in [0, 0.1) is 57.2 Å². The van der Waals surface area contributed by atoms with E-state index in [1.54, 1.807) is 11.8 Å². The lowest BCUT2D eigenvalue weighted by atomic mass is 9.52. The molecule has 1 saturated carbocycles. The first-order valence-electron chi connectivity index (χ1n) is 8.10. The van der Waals surface area contributed by atoms with Gasteiger partial charge in [-0.25, -0.2) is 0 Å². The molecule has 6 unspecified atom stereocenters. The van der Waals surface area contributed by atoms with Gasteiger partial charge in [0, 0.05) is 16.4 Å². The summed E-state index contributed by atoms with van der Waals surface area (Å²) >= 11 is 1.79. The van der Waals surface area contributed by atoms with Crippen molar-refractivity contribution in [1.29, 1.82) is 15.8 Å². The van der Waals surface area contributed by atoms with Crippen LogP contribution in [0.5, 0.6) is 0 Å². The average molecular weight is 324 g/mol. The largest absolute Gasteiger partial charge is 0.324 e. The number of allylic oxidation sites excluding steroid dienone is 1. The van der Waals surface area contributed by atoms with Crippen LogP contribution in [0.1, 0.15) is 26.2 Å². The van der Waals surface area contributed by atoms with E-state index in [1.165, 1.54) is 0 Å². The van der Waals surface area contributed by atoms with Crippen molar-refractivity contribution < 1.29 is 0 Å². The first-order chi connectivity index (χ1) is 11.1. The topological polar surface area (TPSA) is 97.4 Å². The Morgan fingerprint density at radius 2 is 2.00 bits per heavy atom. The summed E-state index contributed by atoms with van der Waals surface area (Å²) in [6.07, 6.45) is 9.35. The summed E-state index contributed by atoms with van der Waals surface area (Å²) in [4.78, 5) is 0. The third kappa shape index (κ3) is 2.29. The van der Waals surface area contributed by atoms with Gasteiger partial charge in [-0.1, -0.05) is 23.8 Å². The van der Waals surface area contributed by atoms with Crippen LogP contribution in [0.2, 0.25) is 0 Å². The molecule has 118 valence electrons. The van der Waals surface area contributed by atoms with Gasteiger partial charge in [0.25, 0.3) is 0 Å².